The lowest BCUT2D eigenvalue weighted by molar-refractivity contribution is 0.772. The number of rotatable bonds is 8. The third kappa shape index (κ3) is 102. The van der Waals surface area contributed by atoms with E-state index in [1.165, 1.54) is 77.0 Å². The minimum absolute atomic E-state index is 0. The Morgan fingerprint density at radius 1 is 0.286 bits per heavy atom. The highest BCUT2D eigenvalue weighted by Crippen LogP contribution is 1.89. The Balaban J connectivity index is -0.0000000533. The zero-order valence-corrected chi connectivity index (χ0v) is 17.0. The zero-order chi connectivity index (χ0) is 16.5. The van der Waals surface area contributed by atoms with Gasteiger partial charge in [-0.25, -0.2) is 0 Å². The van der Waals surface area contributed by atoms with Gasteiger partial charge in [0.15, 0.2) is 0 Å². The lowest BCUT2D eigenvalue weighted by Crippen LogP contribution is -1.59. The first kappa shape index (κ1) is 32.8. The molecule has 0 unspecified atom stereocenters. The molecule has 0 atom stereocenters. The molecule has 0 saturated carbocycles. The molecule has 0 aromatic carbocycles. The summed E-state index contributed by atoms with van der Waals surface area (Å²) in [4.78, 5) is 0. The number of unbranched alkanes of at least 4 members (excludes halogenated alkanes) is 8. The summed E-state index contributed by atoms with van der Waals surface area (Å²) in [5.74, 6) is 0. The molecule has 0 bridgehead atoms. The molecule has 0 amide bonds. The summed E-state index contributed by atoms with van der Waals surface area (Å²) in [5.41, 5.74) is 0. The molecule has 0 aliphatic heterocycles. The topological polar surface area (TPSA) is 31.5 Å². The summed E-state index contributed by atoms with van der Waals surface area (Å²) in [6, 6.07) is 0. The molecule has 21 heavy (non-hydrogen) atoms. The van der Waals surface area contributed by atoms with Gasteiger partial charge in [0, 0.05) is 0 Å². The normalized spacial score (nSPS) is 8.00. The molecule has 136 valence electrons. The van der Waals surface area contributed by atoms with Gasteiger partial charge in [0.2, 0.25) is 0 Å². The Morgan fingerprint density at radius 3 is 0.381 bits per heavy atom. The van der Waals surface area contributed by atoms with Crippen molar-refractivity contribution in [2.45, 2.75) is 132 Å². The van der Waals surface area contributed by atoms with Gasteiger partial charge in [0.25, 0.3) is 0 Å². The summed E-state index contributed by atoms with van der Waals surface area (Å²) in [6.45, 7) is 17.7. The maximum atomic E-state index is 2.21. The minimum atomic E-state index is 0. The highest BCUT2D eigenvalue weighted by molar-refractivity contribution is 4.25. The Kier molecular flexibility index (Phi) is 78.3. The quantitative estimate of drug-likeness (QED) is 0.435. The van der Waals surface area contributed by atoms with Gasteiger partial charge in [-0.1, -0.05) is 132 Å². The first-order valence-corrected chi connectivity index (χ1v) is 9.66. The first-order valence-electron chi connectivity index (χ1n) is 9.66. The van der Waals surface area contributed by atoms with E-state index in [1.54, 1.807) is 0 Å². The Hall–Kier alpha value is -0.0400. The summed E-state index contributed by atoms with van der Waals surface area (Å²) in [5, 5.41) is 0. The summed E-state index contributed by atoms with van der Waals surface area (Å²) >= 11 is 0. The third-order valence-corrected chi connectivity index (χ3v) is 2.83. The van der Waals surface area contributed by atoms with Crippen LogP contribution in [0.3, 0.4) is 0 Å². The van der Waals surface area contributed by atoms with Gasteiger partial charge in [-0.3, -0.25) is 0 Å². The Labute approximate surface area is 138 Å². The highest BCUT2D eigenvalue weighted by Gasteiger charge is 1.69. The molecule has 0 radical (unpaired) electrons. The first-order chi connectivity index (χ1) is 9.66. The van der Waals surface area contributed by atoms with Crippen LogP contribution in [0.1, 0.15) is 132 Å². The molecule has 1 nitrogen and oxygen atoms in total. The van der Waals surface area contributed by atoms with Gasteiger partial charge >= 0.3 is 0 Å². The van der Waals surface area contributed by atoms with Gasteiger partial charge in [-0.15, -0.1) is 0 Å². The lowest BCUT2D eigenvalue weighted by Gasteiger charge is -1.79. The molecule has 2 N–H and O–H groups in total. The van der Waals surface area contributed by atoms with Gasteiger partial charge in [-0.2, -0.15) is 0 Å². The average molecular weight is 307 g/mol. The van der Waals surface area contributed by atoms with Crippen LogP contribution < -0.4 is 0 Å². The fourth-order valence-corrected chi connectivity index (χ4v) is 1.41. The van der Waals surface area contributed by atoms with E-state index in [0.717, 1.165) is 0 Å². The van der Waals surface area contributed by atoms with E-state index < -0.39 is 0 Å². The predicted molar refractivity (Wildman–Crippen MR) is 104 cm³/mol. The van der Waals surface area contributed by atoms with Crippen molar-refractivity contribution in [1.82, 2.24) is 0 Å². The molecule has 1 heteroatoms. The maximum Gasteiger partial charge on any atom is -0.0538 e. The van der Waals surface area contributed by atoms with Crippen molar-refractivity contribution in [1.29, 1.82) is 0 Å². The second-order valence-corrected chi connectivity index (χ2v) is 5.41. The van der Waals surface area contributed by atoms with Gasteiger partial charge in [-0.05, 0) is 0 Å². The van der Waals surface area contributed by atoms with Crippen LogP contribution >= 0.6 is 0 Å². The smallest absolute Gasteiger partial charge is 0.0538 e. The van der Waals surface area contributed by atoms with Crippen LogP contribution in [-0.2, 0) is 0 Å². The van der Waals surface area contributed by atoms with Gasteiger partial charge < -0.3 is 5.48 Å². The van der Waals surface area contributed by atoms with E-state index in [1.807, 2.05) is 0 Å². The Morgan fingerprint density at radius 2 is 0.381 bits per heavy atom. The monoisotopic (exact) mass is 306 g/mol. The number of hydrogen-bond donors (Lipinski definition) is 0. The van der Waals surface area contributed by atoms with Crippen molar-refractivity contribution < 1.29 is 5.48 Å². The van der Waals surface area contributed by atoms with Crippen LogP contribution in [-0.4, -0.2) is 5.48 Å². The molecule has 0 fully saturated rings. The molecule has 0 aromatic rings. The summed E-state index contributed by atoms with van der Waals surface area (Å²) < 4.78 is 0. The van der Waals surface area contributed by atoms with Crippen LogP contribution in [0, 0.1) is 0 Å². The molecular formula is C20H50O. The average Bonchev–Trinajstić information content (AvgIpc) is 2.44. The molecule has 0 saturated heterocycles. The number of hydrogen-bond acceptors (Lipinski definition) is 0. The van der Waals surface area contributed by atoms with E-state index in [9.17, 15) is 0 Å². The maximum absolute atomic E-state index is 2.21. The lowest BCUT2D eigenvalue weighted by atomic mass is 10.3. The molecule has 0 aliphatic carbocycles. The van der Waals surface area contributed by atoms with Gasteiger partial charge in [0.1, 0.15) is 0 Å². The van der Waals surface area contributed by atoms with Crippen molar-refractivity contribution in [3.05, 3.63) is 0 Å². The molecule has 0 aromatic heterocycles. The third-order valence-electron chi connectivity index (χ3n) is 2.83. The van der Waals surface area contributed by atoms with Crippen molar-refractivity contribution in [3.8, 4) is 0 Å². The predicted octanol–water partition coefficient (Wildman–Crippen LogP) is 7.96. The standard InChI is InChI=1S/4C5H12.H2O/c4*1-3-5-4-2;/h4*3-5H2,1-2H3;1H2. The summed E-state index contributed by atoms with van der Waals surface area (Å²) in [6.07, 6.45) is 16.3. The zero-order valence-electron chi connectivity index (χ0n) is 17.0. The SMILES string of the molecule is CCCCC.CCCCC.CCCCC.CCCCC.O. The largest absolute Gasteiger partial charge is 0.412 e. The fourth-order valence-electron chi connectivity index (χ4n) is 1.41. The summed E-state index contributed by atoms with van der Waals surface area (Å²) in [7, 11) is 0. The van der Waals surface area contributed by atoms with Crippen LogP contribution in [0.4, 0.5) is 0 Å². The van der Waals surface area contributed by atoms with Crippen molar-refractivity contribution in [3.63, 3.8) is 0 Å². The molecular weight excluding hydrogens is 256 g/mol. The molecule has 0 aliphatic rings. The molecule has 0 rings (SSSR count). The van der Waals surface area contributed by atoms with Crippen molar-refractivity contribution in [2.75, 3.05) is 0 Å². The van der Waals surface area contributed by atoms with E-state index in [2.05, 4.69) is 55.4 Å². The Bertz CT molecular complexity index is 59.8. The van der Waals surface area contributed by atoms with Crippen LogP contribution in [0.5, 0.6) is 0 Å². The van der Waals surface area contributed by atoms with E-state index in [-0.39, 0.29) is 5.48 Å². The van der Waals surface area contributed by atoms with E-state index in [4.69, 9.17) is 0 Å². The van der Waals surface area contributed by atoms with Crippen LogP contribution in [0.25, 0.3) is 0 Å². The van der Waals surface area contributed by atoms with Crippen molar-refractivity contribution in [2.24, 2.45) is 0 Å². The van der Waals surface area contributed by atoms with E-state index in [0.29, 0.717) is 0 Å². The van der Waals surface area contributed by atoms with Crippen molar-refractivity contribution >= 4 is 0 Å². The van der Waals surface area contributed by atoms with Gasteiger partial charge in [0.05, 0.1) is 0 Å². The highest BCUT2D eigenvalue weighted by atomic mass is 16.0. The van der Waals surface area contributed by atoms with Crippen LogP contribution in [0.15, 0.2) is 0 Å². The molecule has 0 heterocycles. The molecule has 0 spiro atoms. The van der Waals surface area contributed by atoms with Crippen LogP contribution in [0.2, 0.25) is 0 Å². The van der Waals surface area contributed by atoms with E-state index >= 15 is 0 Å². The second kappa shape index (κ2) is 50.2. The fraction of sp³-hybridized carbons (Fsp3) is 1.00. The second-order valence-electron chi connectivity index (χ2n) is 5.41. The minimum Gasteiger partial charge on any atom is -0.412 e.